The van der Waals surface area contributed by atoms with E-state index in [9.17, 15) is 22.0 Å². The molecule has 1 saturated heterocycles. The number of amides is 1. The van der Waals surface area contributed by atoms with E-state index in [1.807, 2.05) is 0 Å². The molecule has 29 heavy (non-hydrogen) atoms. The van der Waals surface area contributed by atoms with Crippen molar-refractivity contribution in [1.82, 2.24) is 4.31 Å². The van der Waals surface area contributed by atoms with Crippen LogP contribution in [0.2, 0.25) is 0 Å². The molecule has 0 aliphatic carbocycles. The SMILES string of the molecule is O=C(COc1ccc(S(=O)(=O)N2CCCCC2)cc1)Nc1c(F)cc(F)cc1Br. The number of halogens is 3. The van der Waals surface area contributed by atoms with E-state index in [0.29, 0.717) is 19.2 Å². The maximum absolute atomic E-state index is 13.8. The molecule has 2 aromatic rings. The highest BCUT2D eigenvalue weighted by atomic mass is 79.9. The zero-order valence-corrected chi connectivity index (χ0v) is 17.7. The summed E-state index contributed by atoms with van der Waals surface area (Å²) in [6.45, 7) is 0.591. The number of sulfonamides is 1. The summed E-state index contributed by atoms with van der Waals surface area (Å²) in [5.74, 6) is -2.06. The predicted octanol–water partition coefficient (Wildman–Crippen LogP) is 3.92. The first-order valence-electron chi connectivity index (χ1n) is 8.95. The van der Waals surface area contributed by atoms with Crippen molar-refractivity contribution in [2.24, 2.45) is 0 Å². The Morgan fingerprint density at radius 1 is 1.10 bits per heavy atom. The van der Waals surface area contributed by atoms with E-state index in [2.05, 4.69) is 21.2 Å². The second-order valence-corrected chi connectivity index (χ2v) is 9.31. The van der Waals surface area contributed by atoms with Gasteiger partial charge in [0.05, 0.1) is 10.6 Å². The Kier molecular flexibility index (Phi) is 6.86. The van der Waals surface area contributed by atoms with Crippen LogP contribution in [0, 0.1) is 11.6 Å². The van der Waals surface area contributed by atoms with Crippen LogP contribution in [-0.2, 0) is 14.8 Å². The molecule has 0 spiro atoms. The van der Waals surface area contributed by atoms with Crippen molar-refractivity contribution in [3.63, 3.8) is 0 Å². The second kappa shape index (κ2) is 9.19. The van der Waals surface area contributed by atoms with Crippen molar-refractivity contribution < 1.29 is 26.7 Å². The summed E-state index contributed by atoms with van der Waals surface area (Å²) >= 11 is 2.99. The monoisotopic (exact) mass is 488 g/mol. The number of anilines is 1. The Balaban J connectivity index is 1.60. The molecule has 1 fully saturated rings. The number of hydrogen-bond donors (Lipinski definition) is 1. The van der Waals surface area contributed by atoms with Gasteiger partial charge in [-0.15, -0.1) is 0 Å². The molecule has 3 rings (SSSR count). The Morgan fingerprint density at radius 3 is 2.38 bits per heavy atom. The first-order chi connectivity index (χ1) is 13.8. The van der Waals surface area contributed by atoms with E-state index in [1.54, 1.807) is 0 Å². The van der Waals surface area contributed by atoms with Crippen LogP contribution in [0.1, 0.15) is 19.3 Å². The molecule has 1 aliphatic heterocycles. The number of nitrogens with zero attached hydrogens (tertiary/aromatic N) is 1. The molecule has 0 aromatic heterocycles. The Labute approximate surface area is 176 Å². The van der Waals surface area contributed by atoms with Gasteiger partial charge in [-0.25, -0.2) is 17.2 Å². The fourth-order valence-electron chi connectivity index (χ4n) is 2.95. The first kappa shape index (κ1) is 21.7. The summed E-state index contributed by atoms with van der Waals surface area (Å²) in [4.78, 5) is 12.1. The molecule has 2 aromatic carbocycles. The van der Waals surface area contributed by atoms with E-state index < -0.39 is 34.2 Å². The number of rotatable bonds is 6. The molecule has 0 radical (unpaired) electrons. The summed E-state index contributed by atoms with van der Waals surface area (Å²) in [7, 11) is -3.54. The molecule has 0 bridgehead atoms. The van der Waals surface area contributed by atoms with E-state index in [1.165, 1.54) is 28.6 Å². The number of nitrogens with one attached hydrogen (secondary N) is 1. The summed E-state index contributed by atoms with van der Waals surface area (Å²) in [6.07, 6.45) is 2.72. The highest BCUT2D eigenvalue weighted by molar-refractivity contribution is 9.10. The second-order valence-electron chi connectivity index (χ2n) is 6.52. The molecular weight excluding hydrogens is 470 g/mol. The molecule has 1 aliphatic rings. The predicted molar refractivity (Wildman–Crippen MR) is 107 cm³/mol. The lowest BCUT2D eigenvalue weighted by molar-refractivity contribution is -0.118. The molecule has 0 saturated carbocycles. The van der Waals surface area contributed by atoms with Gasteiger partial charge in [-0.1, -0.05) is 6.42 Å². The van der Waals surface area contributed by atoms with Gasteiger partial charge in [0.15, 0.2) is 12.4 Å². The molecule has 10 heteroatoms. The minimum Gasteiger partial charge on any atom is -0.484 e. The van der Waals surface area contributed by atoms with Gasteiger partial charge < -0.3 is 10.1 Å². The van der Waals surface area contributed by atoms with Gasteiger partial charge >= 0.3 is 0 Å². The molecule has 0 unspecified atom stereocenters. The van der Waals surface area contributed by atoms with Gasteiger partial charge in [-0.3, -0.25) is 4.79 Å². The Hall–Kier alpha value is -2.04. The van der Waals surface area contributed by atoms with Crippen molar-refractivity contribution in [2.75, 3.05) is 25.0 Å². The van der Waals surface area contributed by atoms with E-state index in [4.69, 9.17) is 4.74 Å². The number of piperidine rings is 1. The van der Waals surface area contributed by atoms with E-state index in [0.717, 1.165) is 25.3 Å². The lowest BCUT2D eigenvalue weighted by Crippen LogP contribution is -2.35. The van der Waals surface area contributed by atoms with Gasteiger partial charge in [-0.2, -0.15) is 4.31 Å². The molecule has 156 valence electrons. The number of hydrogen-bond acceptors (Lipinski definition) is 4. The van der Waals surface area contributed by atoms with Gasteiger partial charge in [-0.05, 0) is 59.1 Å². The van der Waals surface area contributed by atoms with Crippen molar-refractivity contribution in [3.8, 4) is 5.75 Å². The zero-order chi connectivity index (χ0) is 21.0. The molecule has 1 heterocycles. The van der Waals surface area contributed by atoms with Crippen LogP contribution in [0.4, 0.5) is 14.5 Å². The van der Waals surface area contributed by atoms with Gasteiger partial charge in [0.1, 0.15) is 11.6 Å². The Bertz CT molecular complexity index is 971. The fraction of sp³-hybridized carbons (Fsp3) is 0.316. The molecule has 1 amide bonds. The summed E-state index contributed by atoms with van der Waals surface area (Å²) in [5.41, 5.74) is -0.192. The highest BCUT2D eigenvalue weighted by Gasteiger charge is 2.25. The van der Waals surface area contributed by atoms with Crippen LogP contribution in [0.5, 0.6) is 5.75 Å². The van der Waals surface area contributed by atoms with Crippen molar-refractivity contribution >= 4 is 37.5 Å². The third kappa shape index (κ3) is 5.31. The first-order valence-corrected chi connectivity index (χ1v) is 11.2. The smallest absolute Gasteiger partial charge is 0.262 e. The average molecular weight is 489 g/mol. The van der Waals surface area contributed by atoms with Crippen LogP contribution >= 0.6 is 15.9 Å². The molecule has 6 nitrogen and oxygen atoms in total. The standard InChI is InChI=1S/C19H19BrF2N2O4S/c20-16-10-13(21)11-17(22)19(16)23-18(25)12-28-14-4-6-15(7-5-14)29(26,27)24-8-2-1-3-9-24/h4-7,10-11H,1-3,8-9,12H2,(H,23,25). The van der Waals surface area contributed by atoms with E-state index >= 15 is 0 Å². The molecule has 0 atom stereocenters. The van der Waals surface area contributed by atoms with Crippen LogP contribution < -0.4 is 10.1 Å². The minimum atomic E-state index is -3.54. The topological polar surface area (TPSA) is 75.7 Å². The lowest BCUT2D eigenvalue weighted by Gasteiger charge is -2.25. The summed E-state index contributed by atoms with van der Waals surface area (Å²) < 4.78 is 58.9. The van der Waals surface area contributed by atoms with E-state index in [-0.39, 0.29) is 20.8 Å². The maximum Gasteiger partial charge on any atom is 0.262 e. The van der Waals surface area contributed by atoms with Crippen molar-refractivity contribution in [3.05, 3.63) is 52.5 Å². The third-order valence-corrected chi connectivity index (χ3v) is 6.96. The van der Waals surface area contributed by atoms with Crippen molar-refractivity contribution in [1.29, 1.82) is 0 Å². The largest absolute Gasteiger partial charge is 0.484 e. The third-order valence-electron chi connectivity index (χ3n) is 4.42. The van der Waals surface area contributed by atoms with Crippen molar-refractivity contribution in [2.45, 2.75) is 24.2 Å². The van der Waals surface area contributed by atoms with Crippen LogP contribution in [0.25, 0.3) is 0 Å². The molecular formula is C19H19BrF2N2O4S. The number of benzene rings is 2. The average Bonchev–Trinajstić information content (AvgIpc) is 2.70. The summed E-state index contributed by atoms with van der Waals surface area (Å²) in [5, 5.41) is 2.30. The van der Waals surface area contributed by atoms with Crippen LogP contribution in [0.15, 0.2) is 45.8 Å². The number of ether oxygens (including phenoxy) is 1. The normalized spacial score (nSPS) is 15.1. The fourth-order valence-corrected chi connectivity index (χ4v) is 4.97. The maximum atomic E-state index is 13.8. The van der Waals surface area contributed by atoms with Gasteiger partial charge in [0, 0.05) is 23.6 Å². The molecule has 1 N–H and O–H groups in total. The van der Waals surface area contributed by atoms with Crippen LogP contribution in [-0.4, -0.2) is 38.3 Å². The summed E-state index contributed by atoms with van der Waals surface area (Å²) in [6, 6.07) is 7.45. The highest BCUT2D eigenvalue weighted by Crippen LogP contribution is 2.27. The van der Waals surface area contributed by atoms with Gasteiger partial charge in [0.2, 0.25) is 10.0 Å². The number of carbonyl (C=O) groups excluding carboxylic acids is 1. The minimum absolute atomic E-state index is 0.0654. The Morgan fingerprint density at radius 2 is 1.76 bits per heavy atom. The zero-order valence-electron chi connectivity index (χ0n) is 15.3. The van der Waals surface area contributed by atoms with Crippen LogP contribution in [0.3, 0.4) is 0 Å². The number of carbonyl (C=O) groups is 1. The van der Waals surface area contributed by atoms with Gasteiger partial charge in [0.25, 0.3) is 5.91 Å². The lowest BCUT2D eigenvalue weighted by atomic mass is 10.2. The quantitative estimate of drug-likeness (QED) is 0.668.